The number of thioether (sulfide) groups is 1. The number of nitrogens with zero attached hydrogens (tertiary/aromatic N) is 1. The van der Waals surface area contributed by atoms with E-state index < -0.39 is 0 Å². The van der Waals surface area contributed by atoms with Gasteiger partial charge in [-0.25, -0.2) is 0 Å². The number of thiophene rings is 1. The van der Waals surface area contributed by atoms with E-state index in [2.05, 4.69) is 23.7 Å². The zero-order chi connectivity index (χ0) is 11.4. The number of amides is 1. The topological polar surface area (TPSA) is 32.3 Å². The molecule has 0 spiro atoms. The van der Waals surface area contributed by atoms with E-state index in [-0.39, 0.29) is 11.3 Å². The summed E-state index contributed by atoms with van der Waals surface area (Å²) >= 11 is 3.46. The van der Waals surface area contributed by atoms with Crippen molar-refractivity contribution in [3.63, 3.8) is 0 Å². The van der Waals surface area contributed by atoms with Gasteiger partial charge in [-0.1, -0.05) is 13.0 Å². The van der Waals surface area contributed by atoms with E-state index in [1.165, 1.54) is 4.88 Å². The molecule has 1 amide bonds. The van der Waals surface area contributed by atoms with E-state index in [0.29, 0.717) is 5.75 Å². The summed E-state index contributed by atoms with van der Waals surface area (Å²) < 4.78 is 0. The van der Waals surface area contributed by atoms with Crippen LogP contribution in [0.2, 0.25) is 0 Å². The van der Waals surface area contributed by atoms with Gasteiger partial charge in [0.05, 0.1) is 5.75 Å². The Balaban J connectivity index is 1.99. The van der Waals surface area contributed by atoms with Crippen molar-refractivity contribution in [2.24, 2.45) is 0 Å². The number of nitrogens with one attached hydrogen (secondary N) is 1. The molecule has 1 N–H and O–H groups in total. The van der Waals surface area contributed by atoms with Gasteiger partial charge in [0.2, 0.25) is 5.91 Å². The number of hydrogen-bond acceptors (Lipinski definition) is 4. The van der Waals surface area contributed by atoms with Crippen LogP contribution in [0.25, 0.3) is 0 Å². The van der Waals surface area contributed by atoms with Gasteiger partial charge in [0.25, 0.3) is 0 Å². The lowest BCUT2D eigenvalue weighted by atomic mass is 10.4. The highest BCUT2D eigenvalue weighted by molar-refractivity contribution is 8.00. The molecule has 88 valence electrons. The molecular weight excluding hydrogens is 240 g/mol. The maximum Gasteiger partial charge on any atom is 0.233 e. The van der Waals surface area contributed by atoms with Gasteiger partial charge in [-0.15, -0.1) is 23.1 Å². The highest BCUT2D eigenvalue weighted by Gasteiger charge is 2.32. The molecule has 0 bridgehead atoms. The van der Waals surface area contributed by atoms with Crippen molar-refractivity contribution in [1.82, 2.24) is 10.2 Å². The van der Waals surface area contributed by atoms with Gasteiger partial charge in [0.15, 0.2) is 0 Å². The molecule has 1 unspecified atom stereocenters. The highest BCUT2D eigenvalue weighted by Crippen LogP contribution is 2.40. The van der Waals surface area contributed by atoms with Gasteiger partial charge >= 0.3 is 0 Å². The Kier molecular flexibility index (Phi) is 4.26. The number of hydrogen-bond donors (Lipinski definition) is 1. The fourth-order valence-corrected chi connectivity index (χ4v) is 3.94. The maximum atomic E-state index is 11.8. The van der Waals surface area contributed by atoms with Crippen molar-refractivity contribution in [2.75, 3.05) is 25.4 Å². The van der Waals surface area contributed by atoms with E-state index >= 15 is 0 Å². The Morgan fingerprint density at radius 3 is 3.19 bits per heavy atom. The van der Waals surface area contributed by atoms with Crippen LogP contribution in [0.1, 0.15) is 17.2 Å². The van der Waals surface area contributed by atoms with E-state index in [9.17, 15) is 4.79 Å². The molecule has 5 heteroatoms. The second-order valence-electron chi connectivity index (χ2n) is 3.62. The minimum absolute atomic E-state index is 0.242. The van der Waals surface area contributed by atoms with Crippen LogP contribution in [-0.4, -0.2) is 36.2 Å². The van der Waals surface area contributed by atoms with Crippen LogP contribution in [-0.2, 0) is 4.79 Å². The lowest BCUT2D eigenvalue weighted by Gasteiger charge is -2.22. The van der Waals surface area contributed by atoms with Crippen LogP contribution < -0.4 is 5.32 Å². The van der Waals surface area contributed by atoms with E-state index in [0.717, 1.165) is 19.6 Å². The second kappa shape index (κ2) is 5.70. The van der Waals surface area contributed by atoms with Gasteiger partial charge in [-0.2, -0.15) is 0 Å². The molecule has 0 aliphatic carbocycles. The predicted octanol–water partition coefficient (Wildman–Crippen LogP) is 1.93. The Labute approximate surface area is 104 Å². The van der Waals surface area contributed by atoms with Crippen molar-refractivity contribution < 1.29 is 4.79 Å². The molecule has 1 aromatic rings. The fraction of sp³-hybridized carbons (Fsp3) is 0.545. The molecule has 1 aromatic heterocycles. The summed E-state index contributed by atoms with van der Waals surface area (Å²) in [5, 5.41) is 5.57. The predicted molar refractivity (Wildman–Crippen MR) is 69.8 cm³/mol. The summed E-state index contributed by atoms with van der Waals surface area (Å²) in [5.74, 6) is 0.885. The molecule has 1 atom stereocenters. The number of rotatable bonds is 5. The molecule has 1 saturated heterocycles. The molecule has 16 heavy (non-hydrogen) atoms. The minimum atomic E-state index is 0.242. The molecule has 0 aromatic carbocycles. The van der Waals surface area contributed by atoms with Gasteiger partial charge in [0, 0.05) is 18.0 Å². The number of likely N-dealkylation sites (N-methyl/N-ethyl adjacent to an activating group) is 1. The largest absolute Gasteiger partial charge is 0.324 e. The first-order valence-corrected chi connectivity index (χ1v) is 7.41. The minimum Gasteiger partial charge on any atom is -0.324 e. The number of carbonyl (C=O) groups is 1. The highest BCUT2D eigenvalue weighted by atomic mass is 32.2. The van der Waals surface area contributed by atoms with Crippen LogP contribution in [0.3, 0.4) is 0 Å². The Hall–Kier alpha value is -0.520. The number of carbonyl (C=O) groups excluding carboxylic acids is 1. The van der Waals surface area contributed by atoms with Crippen molar-refractivity contribution in [3.8, 4) is 0 Å². The van der Waals surface area contributed by atoms with Gasteiger partial charge in [-0.3, -0.25) is 4.79 Å². The van der Waals surface area contributed by atoms with Crippen LogP contribution >= 0.6 is 23.1 Å². The normalized spacial score (nSPS) is 20.7. The summed E-state index contributed by atoms with van der Waals surface area (Å²) in [4.78, 5) is 15.0. The Bertz CT molecular complexity index is 340. The average Bonchev–Trinajstić information content (AvgIpc) is 2.89. The van der Waals surface area contributed by atoms with Gasteiger partial charge < -0.3 is 10.2 Å². The SMILES string of the molecule is CCNCCN1C(=O)CSC1c1cccs1. The van der Waals surface area contributed by atoms with E-state index in [1.54, 1.807) is 23.1 Å². The summed E-state index contributed by atoms with van der Waals surface area (Å²) in [6.45, 7) is 4.73. The zero-order valence-corrected chi connectivity index (χ0v) is 10.9. The van der Waals surface area contributed by atoms with E-state index in [1.807, 2.05) is 11.0 Å². The third-order valence-corrected chi connectivity index (χ3v) is 4.85. The first-order chi connectivity index (χ1) is 7.83. The van der Waals surface area contributed by atoms with Crippen molar-refractivity contribution in [3.05, 3.63) is 22.4 Å². The second-order valence-corrected chi connectivity index (χ2v) is 5.67. The first kappa shape index (κ1) is 12.0. The summed E-state index contributed by atoms with van der Waals surface area (Å²) in [6, 6.07) is 4.16. The molecular formula is C11H16N2OS2. The molecule has 1 aliphatic rings. The molecule has 2 rings (SSSR count). The quantitative estimate of drug-likeness (QED) is 0.817. The summed E-state index contributed by atoms with van der Waals surface area (Å²) in [7, 11) is 0. The lowest BCUT2D eigenvalue weighted by Crippen LogP contribution is -2.34. The molecule has 1 fully saturated rings. The van der Waals surface area contributed by atoms with Crippen molar-refractivity contribution >= 4 is 29.0 Å². The smallest absolute Gasteiger partial charge is 0.233 e. The van der Waals surface area contributed by atoms with Crippen LogP contribution in [0, 0.1) is 0 Å². The monoisotopic (exact) mass is 256 g/mol. The average molecular weight is 256 g/mol. The summed E-state index contributed by atoms with van der Waals surface area (Å²) in [6.07, 6.45) is 0. The molecule has 0 saturated carbocycles. The maximum absolute atomic E-state index is 11.8. The van der Waals surface area contributed by atoms with Crippen molar-refractivity contribution in [1.29, 1.82) is 0 Å². The van der Waals surface area contributed by atoms with Crippen LogP contribution in [0.5, 0.6) is 0 Å². The third-order valence-electron chi connectivity index (χ3n) is 2.53. The summed E-state index contributed by atoms with van der Waals surface area (Å²) in [5.41, 5.74) is 0. The Morgan fingerprint density at radius 2 is 2.50 bits per heavy atom. The molecule has 3 nitrogen and oxygen atoms in total. The van der Waals surface area contributed by atoms with E-state index in [4.69, 9.17) is 0 Å². The third kappa shape index (κ3) is 2.59. The Morgan fingerprint density at radius 1 is 1.62 bits per heavy atom. The fourth-order valence-electron chi connectivity index (χ4n) is 1.74. The molecule has 2 heterocycles. The standard InChI is InChI=1S/C11H16N2OS2/c1-2-12-5-6-13-10(14)8-16-11(13)9-4-3-7-15-9/h3-4,7,11-12H,2,5-6,8H2,1H3. The van der Waals surface area contributed by atoms with Crippen LogP contribution in [0.15, 0.2) is 17.5 Å². The molecule has 1 aliphatic heterocycles. The zero-order valence-electron chi connectivity index (χ0n) is 9.31. The molecule has 0 radical (unpaired) electrons. The first-order valence-electron chi connectivity index (χ1n) is 5.48. The van der Waals surface area contributed by atoms with Gasteiger partial charge in [0.1, 0.15) is 5.37 Å². The lowest BCUT2D eigenvalue weighted by molar-refractivity contribution is -0.127. The van der Waals surface area contributed by atoms with Gasteiger partial charge in [-0.05, 0) is 18.0 Å². The van der Waals surface area contributed by atoms with Crippen LogP contribution in [0.4, 0.5) is 0 Å². The van der Waals surface area contributed by atoms with Crippen molar-refractivity contribution in [2.45, 2.75) is 12.3 Å².